The average Bonchev–Trinajstić information content (AvgIpc) is 3.02. The molecule has 27 heavy (non-hydrogen) atoms. The molecule has 0 atom stereocenters. The molecule has 0 spiro atoms. The lowest BCUT2D eigenvalue weighted by atomic mass is 10.2. The first-order chi connectivity index (χ1) is 12.9. The summed E-state index contributed by atoms with van der Waals surface area (Å²) in [5.41, 5.74) is 2.93. The number of rotatable bonds is 6. The average molecular weight is 391 g/mol. The van der Waals surface area contributed by atoms with Gasteiger partial charge in [0.2, 0.25) is 5.91 Å². The molecule has 0 saturated carbocycles. The quantitative estimate of drug-likeness (QED) is 0.628. The van der Waals surface area contributed by atoms with Gasteiger partial charge in [-0.2, -0.15) is 8.78 Å². The summed E-state index contributed by atoms with van der Waals surface area (Å²) < 4.78 is 28.4. The third kappa shape index (κ3) is 5.04. The number of halogens is 2. The van der Waals surface area contributed by atoms with Gasteiger partial charge in [-0.05, 0) is 48.9 Å². The summed E-state index contributed by atoms with van der Waals surface area (Å²) in [6.45, 7) is -0.969. The zero-order chi connectivity index (χ0) is 19.4. The van der Waals surface area contributed by atoms with Crippen molar-refractivity contribution >= 4 is 34.6 Å². The van der Waals surface area contributed by atoms with E-state index in [4.69, 9.17) is 0 Å². The lowest BCUT2D eigenvalue weighted by Gasteiger charge is -2.06. The third-order valence-electron chi connectivity index (χ3n) is 3.55. The van der Waals surface area contributed by atoms with Crippen LogP contribution in [0.1, 0.15) is 15.9 Å². The normalized spacial score (nSPS) is 11.0. The Morgan fingerprint density at radius 1 is 1.22 bits per heavy atom. The molecule has 6 nitrogen and oxygen atoms in total. The van der Waals surface area contributed by atoms with Crippen molar-refractivity contribution in [2.75, 3.05) is 5.75 Å². The molecule has 9 heteroatoms. The number of benzene rings is 2. The highest BCUT2D eigenvalue weighted by atomic mass is 32.2. The van der Waals surface area contributed by atoms with E-state index < -0.39 is 18.4 Å². The van der Waals surface area contributed by atoms with Gasteiger partial charge in [-0.25, -0.2) is 4.98 Å². The van der Waals surface area contributed by atoms with E-state index in [9.17, 15) is 18.4 Å². The molecular formula is C18H15F2N3O3S. The van der Waals surface area contributed by atoms with Crippen LogP contribution in [-0.2, 0) is 4.79 Å². The maximum Gasteiger partial charge on any atom is 0.387 e. The molecule has 140 valence electrons. The third-order valence-corrected chi connectivity index (χ3v) is 4.42. The number of nitrogens with zero attached hydrogens (tertiary/aromatic N) is 1. The first kappa shape index (κ1) is 18.8. The molecule has 0 aliphatic carbocycles. The van der Waals surface area contributed by atoms with Crippen LogP contribution in [0.5, 0.6) is 5.75 Å². The van der Waals surface area contributed by atoms with Crippen molar-refractivity contribution in [2.45, 2.75) is 18.7 Å². The Labute approximate surface area is 157 Å². The zero-order valence-electron chi connectivity index (χ0n) is 14.2. The number of imidazole rings is 1. The van der Waals surface area contributed by atoms with Crippen LogP contribution in [0.15, 0.2) is 47.6 Å². The highest BCUT2D eigenvalue weighted by Gasteiger charge is 2.13. The summed E-state index contributed by atoms with van der Waals surface area (Å²) in [4.78, 5) is 31.5. The van der Waals surface area contributed by atoms with Gasteiger partial charge in [-0.3, -0.25) is 14.9 Å². The number of hydrogen-bond acceptors (Lipinski definition) is 5. The van der Waals surface area contributed by atoms with Gasteiger partial charge in [0.1, 0.15) is 5.75 Å². The second-order valence-electron chi connectivity index (χ2n) is 5.63. The number of aryl methyl sites for hydroxylation is 1. The van der Waals surface area contributed by atoms with Gasteiger partial charge < -0.3 is 9.72 Å². The number of amides is 2. The van der Waals surface area contributed by atoms with Crippen LogP contribution in [0.3, 0.4) is 0 Å². The maximum atomic E-state index is 12.1. The number of nitrogens with one attached hydrogen (secondary N) is 2. The molecule has 2 aromatic carbocycles. The molecule has 0 aliphatic rings. The number of aromatic amines is 1. The second-order valence-corrected chi connectivity index (χ2v) is 6.60. The molecule has 0 bridgehead atoms. The fourth-order valence-corrected chi connectivity index (χ4v) is 3.01. The molecule has 1 aromatic heterocycles. The van der Waals surface area contributed by atoms with Crippen LogP contribution >= 0.6 is 11.8 Å². The van der Waals surface area contributed by atoms with Crippen molar-refractivity contribution in [1.29, 1.82) is 0 Å². The first-order valence-electron chi connectivity index (χ1n) is 7.89. The van der Waals surface area contributed by atoms with E-state index in [1.807, 2.05) is 25.1 Å². The number of alkyl halides is 2. The number of carbonyl (C=O) groups excluding carboxylic acids is 2. The van der Waals surface area contributed by atoms with Crippen molar-refractivity contribution in [3.8, 4) is 5.75 Å². The molecular weight excluding hydrogens is 376 g/mol. The van der Waals surface area contributed by atoms with Crippen LogP contribution in [-0.4, -0.2) is 34.1 Å². The van der Waals surface area contributed by atoms with Crippen LogP contribution in [0.4, 0.5) is 8.78 Å². The van der Waals surface area contributed by atoms with E-state index in [-0.39, 0.29) is 17.1 Å². The summed E-state index contributed by atoms with van der Waals surface area (Å²) in [6, 6.07) is 10.9. The maximum absolute atomic E-state index is 12.1. The van der Waals surface area contributed by atoms with Crippen molar-refractivity contribution in [1.82, 2.24) is 15.3 Å². The first-order valence-corrected chi connectivity index (χ1v) is 8.87. The minimum absolute atomic E-state index is 0.00286. The smallest absolute Gasteiger partial charge is 0.387 e. The number of carbonyl (C=O) groups is 2. The van der Waals surface area contributed by atoms with Crippen LogP contribution in [0.2, 0.25) is 0 Å². The summed E-state index contributed by atoms with van der Waals surface area (Å²) in [5, 5.41) is 2.82. The van der Waals surface area contributed by atoms with Crippen molar-refractivity contribution in [2.24, 2.45) is 0 Å². The van der Waals surface area contributed by atoms with E-state index in [0.717, 1.165) is 16.6 Å². The zero-order valence-corrected chi connectivity index (χ0v) is 15.0. The van der Waals surface area contributed by atoms with Crippen LogP contribution < -0.4 is 10.1 Å². The van der Waals surface area contributed by atoms with Crippen molar-refractivity contribution < 1.29 is 23.1 Å². The van der Waals surface area contributed by atoms with E-state index in [1.54, 1.807) is 0 Å². The highest BCUT2D eigenvalue weighted by Crippen LogP contribution is 2.20. The van der Waals surface area contributed by atoms with Gasteiger partial charge in [0.15, 0.2) is 5.16 Å². The second kappa shape index (κ2) is 8.17. The summed E-state index contributed by atoms with van der Waals surface area (Å²) in [5.74, 6) is -1.18. The summed E-state index contributed by atoms with van der Waals surface area (Å²) >= 11 is 1.17. The standard InChI is InChI=1S/C18H15F2N3O3S/c1-10-2-7-13-14(8-10)22-18(21-13)27-9-15(24)23-16(25)11-3-5-12(6-4-11)26-17(19)20/h2-8,17H,9H2,1H3,(H,21,22)(H,23,24,25). The Bertz CT molecular complexity index is 974. The summed E-state index contributed by atoms with van der Waals surface area (Å²) in [7, 11) is 0. The Kier molecular flexibility index (Phi) is 5.70. The van der Waals surface area contributed by atoms with Crippen molar-refractivity contribution in [3.05, 3.63) is 53.6 Å². The van der Waals surface area contributed by atoms with Gasteiger partial charge >= 0.3 is 6.61 Å². The van der Waals surface area contributed by atoms with Gasteiger partial charge in [0.25, 0.3) is 5.91 Å². The molecule has 2 N–H and O–H groups in total. The fraction of sp³-hybridized carbons (Fsp3) is 0.167. The monoisotopic (exact) mass is 391 g/mol. The Balaban J connectivity index is 1.54. The number of hydrogen-bond donors (Lipinski definition) is 2. The summed E-state index contributed by atoms with van der Waals surface area (Å²) in [6.07, 6.45) is 0. The molecule has 0 saturated heterocycles. The molecule has 0 radical (unpaired) electrons. The van der Waals surface area contributed by atoms with Gasteiger partial charge in [-0.15, -0.1) is 0 Å². The largest absolute Gasteiger partial charge is 0.435 e. The Hall–Kier alpha value is -2.94. The molecule has 2 amide bonds. The molecule has 0 fully saturated rings. The van der Waals surface area contributed by atoms with Gasteiger partial charge in [0, 0.05) is 5.56 Å². The number of ether oxygens (including phenoxy) is 1. The lowest BCUT2D eigenvalue weighted by molar-refractivity contribution is -0.117. The molecule has 1 heterocycles. The lowest BCUT2D eigenvalue weighted by Crippen LogP contribution is -2.31. The molecule has 3 aromatic rings. The molecule has 3 rings (SSSR count). The minimum Gasteiger partial charge on any atom is -0.435 e. The highest BCUT2D eigenvalue weighted by molar-refractivity contribution is 7.99. The number of fused-ring (bicyclic) bond motifs is 1. The van der Waals surface area contributed by atoms with E-state index in [2.05, 4.69) is 20.0 Å². The number of H-pyrrole nitrogens is 1. The number of imide groups is 1. The van der Waals surface area contributed by atoms with Crippen molar-refractivity contribution in [3.63, 3.8) is 0 Å². The van der Waals surface area contributed by atoms with E-state index in [0.29, 0.717) is 5.16 Å². The van der Waals surface area contributed by atoms with Crippen LogP contribution in [0, 0.1) is 6.92 Å². The topological polar surface area (TPSA) is 84.1 Å². The molecule has 0 aliphatic heterocycles. The predicted molar refractivity (Wildman–Crippen MR) is 97.1 cm³/mol. The van der Waals surface area contributed by atoms with Crippen LogP contribution in [0.25, 0.3) is 11.0 Å². The SMILES string of the molecule is Cc1ccc2nc(SCC(=O)NC(=O)c3ccc(OC(F)F)cc3)[nH]c2c1. The van der Waals surface area contributed by atoms with E-state index in [1.165, 1.54) is 36.0 Å². The predicted octanol–water partition coefficient (Wildman–Crippen LogP) is 3.52. The molecule has 0 unspecified atom stereocenters. The Morgan fingerprint density at radius 2 is 1.96 bits per heavy atom. The van der Waals surface area contributed by atoms with Gasteiger partial charge in [0.05, 0.1) is 16.8 Å². The number of aromatic nitrogens is 2. The Morgan fingerprint density at radius 3 is 2.67 bits per heavy atom. The minimum atomic E-state index is -2.94. The van der Waals surface area contributed by atoms with Gasteiger partial charge in [-0.1, -0.05) is 17.8 Å². The fourth-order valence-electron chi connectivity index (χ4n) is 2.32. The van der Waals surface area contributed by atoms with E-state index >= 15 is 0 Å². The number of thioether (sulfide) groups is 1.